The lowest BCUT2D eigenvalue weighted by Gasteiger charge is -2.12. The molecule has 0 aliphatic rings. The van der Waals surface area contributed by atoms with Gasteiger partial charge in [-0.1, -0.05) is 11.6 Å². The van der Waals surface area contributed by atoms with E-state index in [2.05, 4.69) is 19.9 Å². The van der Waals surface area contributed by atoms with Gasteiger partial charge >= 0.3 is 0 Å². The van der Waals surface area contributed by atoms with Gasteiger partial charge in [0.15, 0.2) is 5.65 Å². The number of benzene rings is 1. The zero-order valence-electron chi connectivity index (χ0n) is 13.8. The lowest BCUT2D eigenvalue weighted by atomic mass is 10.1. The molecular formula is C20H11ClFN5. The molecule has 0 amide bonds. The monoisotopic (exact) mass is 375 g/mol. The van der Waals surface area contributed by atoms with Gasteiger partial charge in [-0.2, -0.15) is 0 Å². The minimum Gasteiger partial charge on any atom is -0.300 e. The van der Waals surface area contributed by atoms with E-state index in [4.69, 9.17) is 11.6 Å². The van der Waals surface area contributed by atoms with Gasteiger partial charge in [0, 0.05) is 39.9 Å². The van der Waals surface area contributed by atoms with Crippen molar-refractivity contribution >= 4 is 33.7 Å². The summed E-state index contributed by atoms with van der Waals surface area (Å²) >= 11 is 6.07. The molecule has 0 bridgehead atoms. The van der Waals surface area contributed by atoms with E-state index in [-0.39, 0.29) is 0 Å². The number of halogens is 2. The Morgan fingerprint density at radius 3 is 2.89 bits per heavy atom. The zero-order valence-corrected chi connectivity index (χ0v) is 14.6. The fourth-order valence-electron chi connectivity index (χ4n) is 3.14. The predicted octanol–water partition coefficient (Wildman–Crippen LogP) is 4.82. The highest BCUT2D eigenvalue weighted by atomic mass is 35.5. The third kappa shape index (κ3) is 2.62. The molecule has 0 saturated carbocycles. The minimum atomic E-state index is -0.396. The Morgan fingerprint density at radius 1 is 1.04 bits per heavy atom. The Morgan fingerprint density at radius 2 is 1.96 bits per heavy atom. The largest absolute Gasteiger partial charge is 0.300 e. The molecule has 130 valence electrons. The molecule has 4 aromatic heterocycles. The molecule has 5 nitrogen and oxygen atoms in total. The maximum Gasteiger partial charge on any atom is 0.161 e. The van der Waals surface area contributed by atoms with Crippen LogP contribution in [-0.2, 0) is 0 Å². The second kappa shape index (κ2) is 6.10. The SMILES string of the molecule is Fc1ccc(Cl)cc1-c1cc(-n2ccc3cncnc32)c2cccnc2n1. The van der Waals surface area contributed by atoms with Crippen LogP contribution in [0.15, 0.2) is 67.4 Å². The smallest absolute Gasteiger partial charge is 0.161 e. The normalized spacial score (nSPS) is 11.3. The summed E-state index contributed by atoms with van der Waals surface area (Å²) in [5.41, 5.74) is 2.84. The van der Waals surface area contributed by atoms with Gasteiger partial charge in [0.25, 0.3) is 0 Å². The third-order valence-electron chi connectivity index (χ3n) is 4.38. The molecule has 5 rings (SSSR count). The van der Waals surface area contributed by atoms with Crippen molar-refractivity contribution in [3.63, 3.8) is 0 Å². The number of hydrogen-bond donors (Lipinski definition) is 0. The Labute approximate surface area is 158 Å². The summed E-state index contributed by atoms with van der Waals surface area (Å²) in [4.78, 5) is 17.3. The van der Waals surface area contributed by atoms with Crippen LogP contribution in [0.25, 0.3) is 39.0 Å². The second-order valence-corrected chi connectivity index (χ2v) is 6.45. The van der Waals surface area contributed by atoms with Crippen LogP contribution in [0.3, 0.4) is 0 Å². The maximum absolute atomic E-state index is 14.4. The molecule has 0 saturated heterocycles. The van der Waals surface area contributed by atoms with E-state index >= 15 is 0 Å². The fourth-order valence-corrected chi connectivity index (χ4v) is 3.32. The molecule has 0 spiro atoms. The van der Waals surface area contributed by atoms with Crippen molar-refractivity contribution < 1.29 is 4.39 Å². The second-order valence-electron chi connectivity index (χ2n) is 6.01. The molecule has 0 radical (unpaired) electrons. The molecule has 0 fully saturated rings. The van der Waals surface area contributed by atoms with Crippen LogP contribution in [-0.4, -0.2) is 24.5 Å². The molecule has 0 aliphatic heterocycles. The van der Waals surface area contributed by atoms with E-state index in [1.165, 1.54) is 18.5 Å². The summed E-state index contributed by atoms with van der Waals surface area (Å²) in [6.07, 6.45) is 6.81. The highest BCUT2D eigenvalue weighted by molar-refractivity contribution is 6.30. The molecule has 5 aromatic rings. The molecule has 0 aliphatic carbocycles. The Kier molecular flexibility index (Phi) is 3.58. The number of pyridine rings is 2. The molecule has 0 unspecified atom stereocenters. The van der Waals surface area contributed by atoms with E-state index in [0.29, 0.717) is 21.9 Å². The minimum absolute atomic E-state index is 0.322. The number of nitrogens with zero attached hydrogens (tertiary/aromatic N) is 5. The first kappa shape index (κ1) is 15.8. The van der Waals surface area contributed by atoms with Crippen molar-refractivity contribution in [1.82, 2.24) is 24.5 Å². The number of hydrogen-bond acceptors (Lipinski definition) is 4. The van der Waals surface area contributed by atoms with E-state index in [1.807, 2.05) is 35.0 Å². The van der Waals surface area contributed by atoms with Crippen molar-refractivity contribution in [3.05, 3.63) is 78.2 Å². The van der Waals surface area contributed by atoms with E-state index < -0.39 is 5.82 Å². The van der Waals surface area contributed by atoms with E-state index in [1.54, 1.807) is 18.5 Å². The highest BCUT2D eigenvalue weighted by Crippen LogP contribution is 2.31. The van der Waals surface area contributed by atoms with Gasteiger partial charge < -0.3 is 4.57 Å². The van der Waals surface area contributed by atoms with Crippen LogP contribution in [0.5, 0.6) is 0 Å². The summed E-state index contributed by atoms with van der Waals surface area (Å²) in [6, 6.07) is 11.9. The van der Waals surface area contributed by atoms with Gasteiger partial charge in [0.2, 0.25) is 0 Å². The quantitative estimate of drug-likeness (QED) is 0.443. The van der Waals surface area contributed by atoms with Gasteiger partial charge in [0.05, 0.1) is 11.4 Å². The number of fused-ring (bicyclic) bond motifs is 2. The number of aromatic nitrogens is 5. The van der Waals surface area contributed by atoms with E-state index in [9.17, 15) is 4.39 Å². The van der Waals surface area contributed by atoms with Gasteiger partial charge in [-0.15, -0.1) is 0 Å². The van der Waals surface area contributed by atoms with Crippen LogP contribution in [0.2, 0.25) is 5.02 Å². The molecule has 1 aromatic carbocycles. The molecule has 4 heterocycles. The third-order valence-corrected chi connectivity index (χ3v) is 4.61. The summed E-state index contributed by atoms with van der Waals surface area (Å²) in [6.45, 7) is 0. The predicted molar refractivity (Wildman–Crippen MR) is 102 cm³/mol. The molecule has 27 heavy (non-hydrogen) atoms. The molecule has 7 heteroatoms. The van der Waals surface area contributed by atoms with Crippen molar-refractivity contribution in [2.75, 3.05) is 0 Å². The first-order chi connectivity index (χ1) is 13.2. The standard InChI is InChI=1S/C20H11ClFN5/c21-13-3-4-16(22)15(8-13)17-9-18(14-2-1-6-24-19(14)26-17)27-7-5-12-10-23-11-25-20(12)27/h1-11H. The van der Waals surface area contributed by atoms with Crippen LogP contribution < -0.4 is 0 Å². The van der Waals surface area contributed by atoms with Gasteiger partial charge in [-0.3, -0.25) is 0 Å². The van der Waals surface area contributed by atoms with Crippen molar-refractivity contribution in [2.45, 2.75) is 0 Å². The van der Waals surface area contributed by atoms with Crippen LogP contribution in [0, 0.1) is 5.82 Å². The van der Waals surface area contributed by atoms with Crippen molar-refractivity contribution in [2.24, 2.45) is 0 Å². The van der Waals surface area contributed by atoms with Crippen LogP contribution in [0.1, 0.15) is 0 Å². The summed E-state index contributed by atoms with van der Waals surface area (Å²) in [7, 11) is 0. The van der Waals surface area contributed by atoms with Gasteiger partial charge in [-0.25, -0.2) is 24.3 Å². The van der Waals surface area contributed by atoms with Crippen molar-refractivity contribution in [1.29, 1.82) is 0 Å². The summed E-state index contributed by atoms with van der Waals surface area (Å²) in [5.74, 6) is -0.396. The fraction of sp³-hybridized carbons (Fsp3) is 0. The first-order valence-corrected chi connectivity index (χ1v) is 8.57. The lowest BCUT2D eigenvalue weighted by Crippen LogP contribution is -2.00. The van der Waals surface area contributed by atoms with Crippen LogP contribution >= 0.6 is 11.6 Å². The topological polar surface area (TPSA) is 56.5 Å². The average Bonchev–Trinajstić information content (AvgIpc) is 3.13. The highest BCUT2D eigenvalue weighted by Gasteiger charge is 2.15. The summed E-state index contributed by atoms with van der Waals surface area (Å²) < 4.78 is 16.4. The lowest BCUT2D eigenvalue weighted by molar-refractivity contribution is 0.631. The van der Waals surface area contributed by atoms with E-state index in [0.717, 1.165) is 22.1 Å². The van der Waals surface area contributed by atoms with Gasteiger partial charge in [0.1, 0.15) is 17.8 Å². The average molecular weight is 376 g/mol. The summed E-state index contributed by atoms with van der Waals surface area (Å²) in [5, 5.41) is 2.18. The molecule has 0 atom stereocenters. The zero-order chi connectivity index (χ0) is 18.4. The van der Waals surface area contributed by atoms with Crippen molar-refractivity contribution in [3.8, 4) is 16.9 Å². The number of rotatable bonds is 2. The first-order valence-electron chi connectivity index (χ1n) is 8.19. The molecular weight excluding hydrogens is 365 g/mol. The molecule has 0 N–H and O–H groups in total. The van der Waals surface area contributed by atoms with Gasteiger partial charge in [-0.05, 0) is 42.5 Å². The van der Waals surface area contributed by atoms with Crippen LogP contribution in [0.4, 0.5) is 4.39 Å². The Balaban J connectivity index is 1.85. The maximum atomic E-state index is 14.4. The Bertz CT molecular complexity index is 1310. The Hall–Kier alpha value is -3.38.